The van der Waals surface area contributed by atoms with E-state index in [1.165, 1.54) is 6.20 Å². The van der Waals surface area contributed by atoms with Crippen LogP contribution in [0.3, 0.4) is 0 Å². The zero-order valence-corrected chi connectivity index (χ0v) is 19.3. The van der Waals surface area contributed by atoms with Crippen molar-refractivity contribution in [3.63, 3.8) is 0 Å². The summed E-state index contributed by atoms with van der Waals surface area (Å²) in [5.74, 6) is -5.38. The van der Waals surface area contributed by atoms with Crippen LogP contribution in [-0.4, -0.2) is 71.8 Å². The van der Waals surface area contributed by atoms with Crippen LogP contribution in [0.4, 0.5) is 5.13 Å². The Morgan fingerprint density at radius 1 is 0.818 bits per heavy atom. The summed E-state index contributed by atoms with van der Waals surface area (Å²) in [5.41, 5.74) is 0. The van der Waals surface area contributed by atoms with Gasteiger partial charge in [0.1, 0.15) is 6.61 Å². The van der Waals surface area contributed by atoms with Crippen molar-refractivity contribution in [2.75, 3.05) is 11.9 Å². The van der Waals surface area contributed by atoms with E-state index in [4.69, 9.17) is 23.7 Å². The van der Waals surface area contributed by atoms with Gasteiger partial charge in [0.2, 0.25) is 6.10 Å². The zero-order valence-electron chi connectivity index (χ0n) is 18.5. The maximum absolute atomic E-state index is 12.9. The molecular formula is C19H24N2O11S. The first kappa shape index (κ1) is 27.5. The number of amides is 1. The Kier molecular flexibility index (Phi) is 10.9. The summed E-state index contributed by atoms with van der Waals surface area (Å²) in [4.78, 5) is 75.1. The molecule has 0 aliphatic rings. The van der Waals surface area contributed by atoms with Crippen molar-refractivity contribution in [3.05, 3.63) is 11.6 Å². The first-order chi connectivity index (χ1) is 15.4. The Morgan fingerprint density at radius 3 is 1.82 bits per heavy atom. The number of anilines is 1. The number of rotatable bonds is 11. The summed E-state index contributed by atoms with van der Waals surface area (Å²) in [6.45, 7) is 4.49. The monoisotopic (exact) mass is 488 g/mol. The molecule has 0 aliphatic heterocycles. The third kappa shape index (κ3) is 10.1. The summed E-state index contributed by atoms with van der Waals surface area (Å²) in [6.07, 6.45) is -5.49. The Balaban J connectivity index is 3.48. The van der Waals surface area contributed by atoms with Gasteiger partial charge in [0.25, 0.3) is 5.91 Å². The van der Waals surface area contributed by atoms with E-state index in [2.05, 4.69) is 10.3 Å². The number of ether oxygens (including phenoxy) is 5. The molecule has 0 saturated carbocycles. The van der Waals surface area contributed by atoms with E-state index in [1.807, 2.05) is 0 Å². The third-order valence-corrected chi connectivity index (χ3v) is 4.26. The molecule has 33 heavy (non-hydrogen) atoms. The summed E-state index contributed by atoms with van der Waals surface area (Å²) < 4.78 is 25.4. The van der Waals surface area contributed by atoms with Crippen molar-refractivity contribution in [1.82, 2.24) is 4.98 Å². The van der Waals surface area contributed by atoms with Crippen LogP contribution >= 0.6 is 11.3 Å². The summed E-state index contributed by atoms with van der Waals surface area (Å²) in [6, 6.07) is 0. The van der Waals surface area contributed by atoms with E-state index < -0.39 is 66.8 Å². The number of thiazole rings is 1. The van der Waals surface area contributed by atoms with E-state index in [-0.39, 0.29) is 5.13 Å². The van der Waals surface area contributed by atoms with Crippen molar-refractivity contribution in [1.29, 1.82) is 0 Å². The van der Waals surface area contributed by atoms with Crippen molar-refractivity contribution < 1.29 is 52.5 Å². The fourth-order valence-corrected chi connectivity index (χ4v) is 3.09. The Bertz CT molecular complexity index is 871. The van der Waals surface area contributed by atoms with Gasteiger partial charge < -0.3 is 23.7 Å². The lowest BCUT2D eigenvalue weighted by Gasteiger charge is -2.34. The van der Waals surface area contributed by atoms with Gasteiger partial charge in [-0.25, -0.2) is 4.98 Å². The first-order valence-electron chi connectivity index (χ1n) is 9.43. The highest BCUT2D eigenvalue weighted by molar-refractivity contribution is 7.13. The van der Waals surface area contributed by atoms with Crippen LogP contribution < -0.4 is 5.32 Å². The second-order valence-electron chi connectivity index (χ2n) is 6.46. The Labute approximate surface area is 192 Å². The molecule has 0 aromatic carbocycles. The number of hydrogen-bond donors (Lipinski definition) is 1. The molecule has 1 aromatic rings. The normalized spacial score (nSPS) is 14.0. The second-order valence-corrected chi connectivity index (χ2v) is 7.35. The molecule has 4 unspecified atom stereocenters. The Hall–Kier alpha value is -3.55. The standard InChI is InChI=1S/C19H24N2O11S/c1-9(22)28-8-14(29-10(2)23)15(30-11(3)24)16(31-12(4)25)17(32-13(5)26)18(27)21-19-20-6-7-33-19/h6-7,14-17H,8H2,1-5H3,(H,20,21,27). The lowest BCUT2D eigenvalue weighted by molar-refractivity contribution is -0.202. The highest BCUT2D eigenvalue weighted by atomic mass is 32.1. The molecule has 1 N–H and O–H groups in total. The molecule has 0 radical (unpaired) electrons. The molecule has 4 atom stereocenters. The Morgan fingerprint density at radius 2 is 1.36 bits per heavy atom. The number of nitrogens with zero attached hydrogens (tertiary/aromatic N) is 1. The molecular weight excluding hydrogens is 464 g/mol. The van der Waals surface area contributed by atoms with Gasteiger partial charge >= 0.3 is 29.8 Å². The summed E-state index contributed by atoms with van der Waals surface area (Å²) in [5, 5.41) is 4.09. The number of hydrogen-bond acceptors (Lipinski definition) is 13. The fraction of sp³-hybridized carbons (Fsp3) is 0.526. The van der Waals surface area contributed by atoms with Crippen LogP contribution in [0.5, 0.6) is 0 Å². The summed E-state index contributed by atoms with van der Waals surface area (Å²) >= 11 is 1.05. The quantitative estimate of drug-likeness (QED) is 0.335. The van der Waals surface area contributed by atoms with Crippen LogP contribution in [0.15, 0.2) is 11.6 Å². The smallest absolute Gasteiger partial charge is 0.303 e. The minimum atomic E-state index is -1.87. The van der Waals surface area contributed by atoms with E-state index in [0.29, 0.717) is 0 Å². The number of esters is 5. The molecule has 182 valence electrons. The van der Waals surface area contributed by atoms with Crippen molar-refractivity contribution >= 4 is 52.2 Å². The van der Waals surface area contributed by atoms with Gasteiger partial charge in [0.05, 0.1) is 0 Å². The van der Waals surface area contributed by atoms with Crippen LogP contribution in [0.2, 0.25) is 0 Å². The van der Waals surface area contributed by atoms with Crippen LogP contribution in [-0.2, 0) is 52.5 Å². The second kappa shape index (κ2) is 13.1. The molecule has 1 amide bonds. The topological polar surface area (TPSA) is 173 Å². The minimum Gasteiger partial charge on any atom is -0.462 e. The minimum absolute atomic E-state index is 0.138. The molecule has 13 nitrogen and oxygen atoms in total. The predicted octanol–water partition coefficient (Wildman–Crippen LogP) is 0.371. The predicted molar refractivity (Wildman–Crippen MR) is 110 cm³/mol. The van der Waals surface area contributed by atoms with E-state index >= 15 is 0 Å². The summed E-state index contributed by atoms with van der Waals surface area (Å²) in [7, 11) is 0. The number of nitrogens with one attached hydrogen (secondary N) is 1. The van der Waals surface area contributed by atoms with Gasteiger partial charge in [-0.3, -0.25) is 34.1 Å². The van der Waals surface area contributed by atoms with Crippen molar-refractivity contribution in [2.24, 2.45) is 0 Å². The van der Waals surface area contributed by atoms with Gasteiger partial charge in [-0.2, -0.15) is 0 Å². The van der Waals surface area contributed by atoms with Crippen LogP contribution in [0.1, 0.15) is 34.6 Å². The third-order valence-electron chi connectivity index (χ3n) is 3.57. The highest BCUT2D eigenvalue weighted by Crippen LogP contribution is 2.22. The lowest BCUT2D eigenvalue weighted by Crippen LogP contribution is -2.56. The van der Waals surface area contributed by atoms with E-state index in [1.54, 1.807) is 5.38 Å². The molecule has 14 heteroatoms. The molecule has 1 heterocycles. The molecule has 1 rings (SSSR count). The van der Waals surface area contributed by atoms with Gasteiger partial charge in [-0.15, -0.1) is 11.3 Å². The maximum Gasteiger partial charge on any atom is 0.303 e. The SMILES string of the molecule is CC(=O)OCC(OC(C)=O)C(OC(C)=O)C(OC(C)=O)C(OC(C)=O)C(=O)Nc1nccs1. The molecule has 1 aromatic heterocycles. The van der Waals surface area contributed by atoms with Crippen LogP contribution in [0.25, 0.3) is 0 Å². The average molecular weight is 488 g/mol. The van der Waals surface area contributed by atoms with Gasteiger partial charge in [0.15, 0.2) is 23.4 Å². The number of aromatic nitrogens is 1. The molecule has 0 bridgehead atoms. The zero-order chi connectivity index (χ0) is 25.1. The number of carbonyl (C=O) groups excluding carboxylic acids is 6. The largest absolute Gasteiger partial charge is 0.462 e. The van der Waals surface area contributed by atoms with Gasteiger partial charge in [-0.05, 0) is 0 Å². The molecule has 0 aliphatic carbocycles. The molecule has 0 saturated heterocycles. The first-order valence-corrected chi connectivity index (χ1v) is 10.3. The molecule has 0 spiro atoms. The highest BCUT2D eigenvalue weighted by Gasteiger charge is 2.47. The van der Waals surface area contributed by atoms with Crippen LogP contribution in [0, 0.1) is 0 Å². The van der Waals surface area contributed by atoms with E-state index in [9.17, 15) is 28.8 Å². The van der Waals surface area contributed by atoms with Crippen molar-refractivity contribution in [2.45, 2.75) is 59.0 Å². The van der Waals surface area contributed by atoms with Gasteiger partial charge in [0, 0.05) is 46.2 Å². The fourth-order valence-electron chi connectivity index (χ4n) is 2.56. The average Bonchev–Trinajstić information content (AvgIpc) is 3.18. The maximum atomic E-state index is 12.9. The van der Waals surface area contributed by atoms with Gasteiger partial charge in [-0.1, -0.05) is 0 Å². The molecule has 0 fully saturated rings. The lowest BCUT2D eigenvalue weighted by atomic mass is 10.0. The van der Waals surface area contributed by atoms with Crippen molar-refractivity contribution in [3.8, 4) is 0 Å². The van der Waals surface area contributed by atoms with E-state index in [0.717, 1.165) is 46.0 Å². The number of carbonyl (C=O) groups is 6.